The molecule has 0 heterocycles. The molecule has 1 aliphatic carbocycles. The second-order valence-electron chi connectivity index (χ2n) is 4.33. The Kier molecular flexibility index (Phi) is 4.36. The van der Waals surface area contributed by atoms with Crippen LogP contribution in [-0.2, 0) is 0 Å². The molecule has 19 heavy (non-hydrogen) atoms. The highest BCUT2D eigenvalue weighted by molar-refractivity contribution is 5.87. The van der Waals surface area contributed by atoms with Crippen molar-refractivity contribution in [2.75, 3.05) is 13.2 Å². The Morgan fingerprint density at radius 3 is 2.68 bits per heavy atom. The molecule has 2 N–H and O–H groups in total. The summed E-state index contributed by atoms with van der Waals surface area (Å²) in [6.45, 7) is 0.653. The number of allylic oxidation sites excluding steroid dienone is 3. The Bertz CT molecular complexity index is 499. The quantitative estimate of drug-likeness (QED) is 0.789. The van der Waals surface area contributed by atoms with Crippen molar-refractivity contribution < 1.29 is 19.7 Å². The summed E-state index contributed by atoms with van der Waals surface area (Å²) in [5.41, 5.74) is 1.48. The van der Waals surface area contributed by atoms with Crippen molar-refractivity contribution in [3.8, 4) is 5.75 Å². The van der Waals surface area contributed by atoms with Crippen LogP contribution >= 0.6 is 0 Å². The molecule has 0 spiro atoms. The maximum absolute atomic E-state index is 10.7. The second kappa shape index (κ2) is 6.20. The van der Waals surface area contributed by atoms with Crippen molar-refractivity contribution >= 4 is 5.97 Å². The predicted octanol–water partition coefficient (Wildman–Crippen LogP) is 2.26. The third-order valence-electron chi connectivity index (χ3n) is 2.91. The lowest BCUT2D eigenvalue weighted by atomic mass is 10.2. The van der Waals surface area contributed by atoms with Gasteiger partial charge in [-0.3, -0.25) is 0 Å². The van der Waals surface area contributed by atoms with Crippen molar-refractivity contribution in [1.82, 2.24) is 0 Å². The van der Waals surface area contributed by atoms with Crippen LogP contribution in [0.3, 0.4) is 0 Å². The van der Waals surface area contributed by atoms with Crippen LogP contribution in [0.5, 0.6) is 5.75 Å². The summed E-state index contributed by atoms with van der Waals surface area (Å²) < 4.78 is 5.46. The minimum Gasteiger partial charge on any atom is -0.490 e. The van der Waals surface area contributed by atoms with E-state index in [1.54, 1.807) is 12.1 Å². The highest BCUT2D eigenvalue weighted by Crippen LogP contribution is 2.32. The van der Waals surface area contributed by atoms with E-state index < -0.39 is 5.97 Å². The molecular weight excluding hydrogens is 244 g/mol. The van der Waals surface area contributed by atoms with Gasteiger partial charge in [0.05, 0.1) is 5.56 Å². The number of rotatable bonds is 7. The SMILES string of the molecule is O=C(O)c1ccc(OC/C=C/C2=C[C@@H]2CCO)cc1. The van der Waals surface area contributed by atoms with Gasteiger partial charge in [0, 0.05) is 12.5 Å². The topological polar surface area (TPSA) is 66.8 Å². The number of hydrogen-bond acceptors (Lipinski definition) is 3. The van der Waals surface area contributed by atoms with E-state index in [2.05, 4.69) is 6.08 Å². The van der Waals surface area contributed by atoms with E-state index in [0.29, 0.717) is 18.3 Å². The lowest BCUT2D eigenvalue weighted by Gasteiger charge is -2.02. The minimum atomic E-state index is -0.943. The molecular formula is C15H16O4. The third-order valence-corrected chi connectivity index (χ3v) is 2.91. The Labute approximate surface area is 111 Å². The van der Waals surface area contributed by atoms with E-state index in [1.165, 1.54) is 17.7 Å². The van der Waals surface area contributed by atoms with Crippen molar-refractivity contribution in [2.45, 2.75) is 6.42 Å². The monoisotopic (exact) mass is 260 g/mol. The van der Waals surface area contributed by atoms with Crippen molar-refractivity contribution in [1.29, 1.82) is 0 Å². The van der Waals surface area contributed by atoms with Crippen molar-refractivity contribution in [2.24, 2.45) is 5.92 Å². The average Bonchev–Trinajstić information content (AvgIpc) is 3.14. The Morgan fingerprint density at radius 2 is 2.05 bits per heavy atom. The summed E-state index contributed by atoms with van der Waals surface area (Å²) in [5.74, 6) is 0.129. The molecule has 0 unspecified atom stereocenters. The zero-order valence-electron chi connectivity index (χ0n) is 10.5. The smallest absolute Gasteiger partial charge is 0.335 e. The van der Waals surface area contributed by atoms with Crippen molar-refractivity contribution in [3.05, 3.63) is 53.6 Å². The Hall–Kier alpha value is -2.07. The molecule has 1 aliphatic rings. The molecule has 0 amide bonds. The first-order valence-electron chi connectivity index (χ1n) is 6.16. The van der Waals surface area contributed by atoms with Gasteiger partial charge in [-0.05, 0) is 42.3 Å². The molecule has 0 bridgehead atoms. The first kappa shape index (κ1) is 13.4. The molecule has 0 saturated carbocycles. The van der Waals surface area contributed by atoms with Gasteiger partial charge in [-0.1, -0.05) is 12.2 Å². The van der Waals surface area contributed by atoms with E-state index in [-0.39, 0.29) is 12.2 Å². The van der Waals surface area contributed by atoms with E-state index in [9.17, 15) is 4.79 Å². The number of aliphatic hydroxyl groups excluding tert-OH is 1. The summed E-state index contributed by atoms with van der Waals surface area (Å²) in [6.07, 6.45) is 6.80. The predicted molar refractivity (Wildman–Crippen MR) is 71.3 cm³/mol. The third kappa shape index (κ3) is 3.96. The summed E-state index contributed by atoms with van der Waals surface area (Å²) in [5, 5.41) is 17.5. The van der Waals surface area contributed by atoms with Crippen LogP contribution in [0.2, 0.25) is 0 Å². The number of carboxylic acid groups (broad SMARTS) is 1. The molecule has 4 nitrogen and oxygen atoms in total. The first-order chi connectivity index (χ1) is 9.20. The Morgan fingerprint density at radius 1 is 1.32 bits per heavy atom. The maximum Gasteiger partial charge on any atom is 0.335 e. The highest BCUT2D eigenvalue weighted by atomic mass is 16.5. The fraction of sp³-hybridized carbons (Fsp3) is 0.267. The van der Waals surface area contributed by atoms with E-state index in [0.717, 1.165) is 6.42 Å². The molecule has 2 rings (SSSR count). The molecule has 1 aromatic carbocycles. The summed E-state index contributed by atoms with van der Waals surface area (Å²) in [6, 6.07) is 6.31. The normalized spacial score (nSPS) is 17.3. The van der Waals surface area contributed by atoms with Crippen LogP contribution < -0.4 is 4.74 Å². The van der Waals surface area contributed by atoms with Gasteiger partial charge in [0.1, 0.15) is 12.4 Å². The Balaban J connectivity index is 1.73. The van der Waals surface area contributed by atoms with E-state index in [1.807, 2.05) is 12.2 Å². The van der Waals surface area contributed by atoms with E-state index >= 15 is 0 Å². The van der Waals surface area contributed by atoms with Crippen LogP contribution in [0, 0.1) is 5.92 Å². The molecule has 0 aliphatic heterocycles. The van der Waals surface area contributed by atoms with Crippen LogP contribution in [0.4, 0.5) is 0 Å². The van der Waals surface area contributed by atoms with Crippen LogP contribution in [0.25, 0.3) is 0 Å². The number of benzene rings is 1. The van der Waals surface area contributed by atoms with Gasteiger partial charge in [0.15, 0.2) is 0 Å². The minimum absolute atomic E-state index is 0.213. The zero-order chi connectivity index (χ0) is 13.7. The molecule has 0 radical (unpaired) electrons. The zero-order valence-corrected chi connectivity index (χ0v) is 10.5. The van der Waals surface area contributed by atoms with Gasteiger partial charge in [-0.15, -0.1) is 0 Å². The average molecular weight is 260 g/mol. The lowest BCUT2D eigenvalue weighted by molar-refractivity contribution is 0.0697. The molecule has 1 atom stereocenters. The van der Waals surface area contributed by atoms with Gasteiger partial charge < -0.3 is 14.9 Å². The molecule has 0 aromatic heterocycles. The van der Waals surface area contributed by atoms with Gasteiger partial charge in [0.2, 0.25) is 0 Å². The van der Waals surface area contributed by atoms with Crippen LogP contribution in [0.15, 0.2) is 48.1 Å². The van der Waals surface area contributed by atoms with Crippen molar-refractivity contribution in [3.63, 3.8) is 0 Å². The van der Waals surface area contributed by atoms with Gasteiger partial charge in [-0.2, -0.15) is 0 Å². The number of ether oxygens (including phenoxy) is 1. The number of carbonyl (C=O) groups is 1. The maximum atomic E-state index is 10.7. The highest BCUT2D eigenvalue weighted by Gasteiger charge is 2.20. The summed E-state index contributed by atoms with van der Waals surface area (Å²) >= 11 is 0. The fourth-order valence-corrected chi connectivity index (χ4v) is 1.77. The van der Waals surface area contributed by atoms with Gasteiger partial charge in [-0.25, -0.2) is 4.79 Å². The lowest BCUT2D eigenvalue weighted by Crippen LogP contribution is -1.97. The number of carboxylic acids is 1. The van der Waals surface area contributed by atoms with Crippen LogP contribution in [0.1, 0.15) is 16.8 Å². The number of aliphatic hydroxyl groups is 1. The number of aromatic carboxylic acids is 1. The molecule has 0 fully saturated rings. The van der Waals surface area contributed by atoms with Gasteiger partial charge in [0.25, 0.3) is 0 Å². The first-order valence-corrected chi connectivity index (χ1v) is 6.16. The molecule has 1 aromatic rings. The summed E-state index contributed by atoms with van der Waals surface area (Å²) in [4.78, 5) is 10.7. The standard InChI is InChI=1S/C15H16O4/c16-8-7-13-10-12(13)2-1-9-19-14-5-3-11(4-6-14)15(17)18/h1-6,10,13,16H,7-9H2,(H,17,18)/b2-1+/t13-/m0/s1. The molecule has 0 saturated heterocycles. The summed E-state index contributed by atoms with van der Waals surface area (Å²) in [7, 11) is 0. The second-order valence-corrected chi connectivity index (χ2v) is 4.33. The molecule has 100 valence electrons. The van der Waals surface area contributed by atoms with Gasteiger partial charge >= 0.3 is 5.97 Å². The fourth-order valence-electron chi connectivity index (χ4n) is 1.77. The number of hydrogen-bond donors (Lipinski definition) is 2. The van der Waals surface area contributed by atoms with E-state index in [4.69, 9.17) is 14.9 Å². The largest absolute Gasteiger partial charge is 0.490 e. The molecule has 4 heteroatoms. The van der Waals surface area contributed by atoms with Crippen LogP contribution in [-0.4, -0.2) is 29.4 Å².